The maximum absolute atomic E-state index is 12.0. The Morgan fingerprint density at radius 3 is 2.78 bits per heavy atom. The Kier molecular flexibility index (Phi) is 4.14. The van der Waals surface area contributed by atoms with Crippen LogP contribution in [0.5, 0.6) is 0 Å². The van der Waals surface area contributed by atoms with Gasteiger partial charge in [-0.2, -0.15) is 5.10 Å². The molecule has 0 aliphatic rings. The molecule has 0 amide bonds. The lowest BCUT2D eigenvalue weighted by Gasteiger charge is -1.98. The summed E-state index contributed by atoms with van der Waals surface area (Å²) in [6, 6.07) is 7.31. The molecule has 0 saturated carbocycles. The third-order valence-corrected chi connectivity index (χ3v) is 3.54. The van der Waals surface area contributed by atoms with Crippen LogP contribution in [0.4, 0.5) is 0 Å². The van der Waals surface area contributed by atoms with E-state index in [0.717, 1.165) is 14.6 Å². The van der Waals surface area contributed by atoms with Crippen molar-refractivity contribution in [3.05, 3.63) is 56.7 Å². The van der Waals surface area contributed by atoms with Gasteiger partial charge in [0.05, 0.1) is 16.4 Å². The highest BCUT2D eigenvalue weighted by molar-refractivity contribution is 9.10. The second kappa shape index (κ2) is 5.63. The van der Waals surface area contributed by atoms with E-state index < -0.39 is 0 Å². The van der Waals surface area contributed by atoms with E-state index in [4.69, 9.17) is 0 Å². The minimum Gasteiger partial charge on any atom is -0.289 e. The minimum absolute atomic E-state index is 0.0376. The predicted octanol–water partition coefficient (Wildman–Crippen LogP) is 3.84. The fourth-order valence-electron chi connectivity index (χ4n) is 1.50. The highest BCUT2D eigenvalue weighted by Crippen LogP contribution is 2.17. The molecule has 0 atom stereocenters. The van der Waals surface area contributed by atoms with Crippen molar-refractivity contribution in [2.24, 2.45) is 7.05 Å². The molecule has 0 spiro atoms. The van der Waals surface area contributed by atoms with Gasteiger partial charge in [-0.3, -0.25) is 9.48 Å². The van der Waals surface area contributed by atoms with Crippen LogP contribution in [0.3, 0.4) is 0 Å². The number of hydrogen-bond acceptors (Lipinski definition) is 2. The lowest BCUT2D eigenvalue weighted by molar-refractivity contribution is 0.104. The number of aryl methyl sites for hydroxylation is 1. The topological polar surface area (TPSA) is 34.9 Å². The van der Waals surface area contributed by atoms with Gasteiger partial charge in [-0.1, -0.05) is 28.1 Å². The molecule has 18 heavy (non-hydrogen) atoms. The second-order valence-electron chi connectivity index (χ2n) is 3.71. The summed E-state index contributed by atoms with van der Waals surface area (Å²) in [5.74, 6) is -0.0376. The molecule has 92 valence electrons. The highest BCUT2D eigenvalue weighted by Gasteiger charge is 2.05. The fraction of sp³-hybridized carbons (Fsp3) is 0.0769. The van der Waals surface area contributed by atoms with E-state index in [9.17, 15) is 4.79 Å². The van der Waals surface area contributed by atoms with Crippen molar-refractivity contribution in [2.75, 3.05) is 0 Å². The van der Waals surface area contributed by atoms with Gasteiger partial charge in [0.15, 0.2) is 5.78 Å². The lowest BCUT2D eigenvalue weighted by atomic mass is 10.1. The molecule has 1 heterocycles. The van der Waals surface area contributed by atoms with Crippen LogP contribution in [0.25, 0.3) is 6.08 Å². The molecule has 0 aliphatic heterocycles. The second-order valence-corrected chi connectivity index (χ2v) is 5.48. The first kappa shape index (κ1) is 13.2. The Morgan fingerprint density at radius 2 is 2.17 bits per heavy atom. The smallest absolute Gasteiger partial charge is 0.185 e. The predicted molar refractivity (Wildman–Crippen MR) is 78.4 cm³/mol. The number of halogens is 2. The number of carbonyl (C=O) groups excluding carboxylic acids is 1. The van der Waals surface area contributed by atoms with Crippen LogP contribution < -0.4 is 0 Å². The summed E-state index contributed by atoms with van der Waals surface area (Å²) in [5.41, 5.74) is 1.51. The van der Waals surface area contributed by atoms with E-state index in [1.807, 2.05) is 19.2 Å². The molecular weight excluding hydrogens is 360 g/mol. The van der Waals surface area contributed by atoms with Crippen molar-refractivity contribution < 1.29 is 4.79 Å². The lowest BCUT2D eigenvalue weighted by Crippen LogP contribution is -1.96. The molecule has 1 aromatic carbocycles. The molecule has 0 unspecified atom stereocenters. The summed E-state index contributed by atoms with van der Waals surface area (Å²) in [4.78, 5) is 12.0. The van der Waals surface area contributed by atoms with Crippen molar-refractivity contribution >= 4 is 43.7 Å². The van der Waals surface area contributed by atoms with Gasteiger partial charge in [0.2, 0.25) is 0 Å². The fourth-order valence-corrected chi connectivity index (χ4v) is 2.38. The van der Waals surface area contributed by atoms with E-state index in [1.165, 1.54) is 0 Å². The molecule has 3 nitrogen and oxygen atoms in total. The van der Waals surface area contributed by atoms with Gasteiger partial charge in [-0.15, -0.1) is 0 Å². The summed E-state index contributed by atoms with van der Waals surface area (Å²) >= 11 is 6.73. The van der Waals surface area contributed by atoms with Gasteiger partial charge in [-0.25, -0.2) is 0 Å². The number of hydrogen-bond donors (Lipinski definition) is 0. The minimum atomic E-state index is -0.0376. The maximum Gasteiger partial charge on any atom is 0.185 e. The van der Waals surface area contributed by atoms with Crippen molar-refractivity contribution in [3.63, 3.8) is 0 Å². The Bertz CT molecular complexity index is 598. The number of carbonyl (C=O) groups is 1. The number of ketones is 1. The summed E-state index contributed by atoms with van der Waals surface area (Å²) < 4.78 is 3.46. The van der Waals surface area contributed by atoms with E-state index in [1.54, 1.807) is 35.2 Å². The largest absolute Gasteiger partial charge is 0.289 e. The number of allylic oxidation sites excluding steroid dienone is 1. The average Bonchev–Trinajstić information content (AvgIpc) is 2.66. The van der Waals surface area contributed by atoms with Crippen molar-refractivity contribution in [1.82, 2.24) is 9.78 Å². The van der Waals surface area contributed by atoms with Crippen molar-refractivity contribution in [1.29, 1.82) is 0 Å². The standard InChI is InChI=1S/C13H10Br2N2O/c1-17-12(11(15)8-16-17)5-6-13(18)9-3-2-4-10(14)7-9/h2-8H,1H3/b6-5+. The van der Waals surface area contributed by atoms with Gasteiger partial charge in [0.25, 0.3) is 0 Å². The van der Waals surface area contributed by atoms with E-state index in [0.29, 0.717) is 5.56 Å². The first-order chi connectivity index (χ1) is 8.58. The highest BCUT2D eigenvalue weighted by atomic mass is 79.9. The van der Waals surface area contributed by atoms with Gasteiger partial charge in [0.1, 0.15) is 0 Å². The van der Waals surface area contributed by atoms with Crippen molar-refractivity contribution in [2.45, 2.75) is 0 Å². The molecule has 2 rings (SSSR count). The monoisotopic (exact) mass is 368 g/mol. The number of rotatable bonds is 3. The molecule has 2 aromatic rings. The van der Waals surface area contributed by atoms with E-state index >= 15 is 0 Å². The zero-order valence-electron chi connectivity index (χ0n) is 9.60. The number of aromatic nitrogens is 2. The van der Waals surface area contributed by atoms with Gasteiger partial charge >= 0.3 is 0 Å². The molecule has 0 fully saturated rings. The number of benzene rings is 1. The summed E-state index contributed by atoms with van der Waals surface area (Å²) in [5, 5.41) is 4.08. The van der Waals surface area contributed by atoms with Gasteiger partial charge in [-0.05, 0) is 40.2 Å². The zero-order chi connectivity index (χ0) is 13.1. The quantitative estimate of drug-likeness (QED) is 0.608. The third kappa shape index (κ3) is 2.97. The number of nitrogens with zero attached hydrogens (tertiary/aromatic N) is 2. The molecule has 1 aromatic heterocycles. The SMILES string of the molecule is Cn1ncc(Br)c1/C=C/C(=O)c1cccc(Br)c1. The summed E-state index contributed by atoms with van der Waals surface area (Å²) in [7, 11) is 1.83. The zero-order valence-corrected chi connectivity index (χ0v) is 12.8. The van der Waals surface area contributed by atoms with Gasteiger partial charge < -0.3 is 0 Å². The molecular formula is C13H10Br2N2O. The van der Waals surface area contributed by atoms with Crippen LogP contribution in [-0.2, 0) is 7.05 Å². The van der Waals surface area contributed by atoms with E-state index in [-0.39, 0.29) is 5.78 Å². The van der Waals surface area contributed by atoms with Crippen LogP contribution in [0.2, 0.25) is 0 Å². The maximum atomic E-state index is 12.0. The summed E-state index contributed by atoms with van der Waals surface area (Å²) in [6.07, 6.45) is 4.99. The first-order valence-electron chi connectivity index (χ1n) is 5.23. The Hall–Kier alpha value is -1.20. The average molecular weight is 370 g/mol. The first-order valence-corrected chi connectivity index (χ1v) is 6.82. The molecule has 0 saturated heterocycles. The molecule has 0 aliphatic carbocycles. The third-order valence-electron chi connectivity index (χ3n) is 2.44. The van der Waals surface area contributed by atoms with Crippen molar-refractivity contribution in [3.8, 4) is 0 Å². The Balaban J connectivity index is 2.22. The molecule has 0 bridgehead atoms. The van der Waals surface area contributed by atoms with E-state index in [2.05, 4.69) is 37.0 Å². The van der Waals surface area contributed by atoms with Crippen LogP contribution >= 0.6 is 31.9 Å². The molecule has 5 heteroatoms. The molecule has 0 radical (unpaired) electrons. The van der Waals surface area contributed by atoms with Crippen LogP contribution in [0.1, 0.15) is 16.1 Å². The van der Waals surface area contributed by atoms with Gasteiger partial charge in [0, 0.05) is 17.1 Å². The normalized spacial score (nSPS) is 11.1. The van der Waals surface area contributed by atoms with Crippen LogP contribution in [0.15, 0.2) is 45.5 Å². The van der Waals surface area contributed by atoms with Crippen LogP contribution in [0, 0.1) is 0 Å². The Morgan fingerprint density at radius 1 is 1.39 bits per heavy atom. The summed E-state index contributed by atoms with van der Waals surface area (Å²) in [6.45, 7) is 0. The van der Waals surface area contributed by atoms with Crippen LogP contribution in [-0.4, -0.2) is 15.6 Å². The molecule has 0 N–H and O–H groups in total. The Labute approximate surface area is 122 Å².